The van der Waals surface area contributed by atoms with Gasteiger partial charge in [0.15, 0.2) is 0 Å². The average molecular weight is 431 g/mol. The van der Waals surface area contributed by atoms with Crippen molar-refractivity contribution in [3.8, 4) is 17.2 Å². The summed E-state index contributed by atoms with van der Waals surface area (Å²) in [4.78, 5) is 18.2. The Morgan fingerprint density at radius 3 is 2.72 bits per heavy atom. The number of aromatic nitrogens is 1. The number of hydrogen-bond acceptors (Lipinski definition) is 5. The Morgan fingerprint density at radius 1 is 1.09 bits per heavy atom. The van der Waals surface area contributed by atoms with Crippen LogP contribution in [0.5, 0.6) is 17.2 Å². The van der Waals surface area contributed by atoms with E-state index in [1.54, 1.807) is 0 Å². The minimum atomic E-state index is 0.298. The van der Waals surface area contributed by atoms with Crippen LogP contribution in [-0.4, -0.2) is 29.4 Å². The van der Waals surface area contributed by atoms with E-state index in [-0.39, 0.29) is 0 Å². The Kier molecular flexibility index (Phi) is 6.86. The van der Waals surface area contributed by atoms with Crippen LogP contribution < -0.4 is 9.47 Å². The predicted octanol–water partition coefficient (Wildman–Crippen LogP) is 5.83. The van der Waals surface area contributed by atoms with Gasteiger partial charge in [0.05, 0.1) is 5.69 Å². The smallest absolute Gasteiger partial charge is 0.298 e. The number of carbonyl (C=O) groups excluding carboxylic acids is 1. The van der Waals surface area contributed by atoms with Crippen molar-refractivity contribution >= 4 is 6.47 Å². The van der Waals surface area contributed by atoms with Gasteiger partial charge in [0.1, 0.15) is 17.2 Å². The van der Waals surface area contributed by atoms with Gasteiger partial charge in [-0.25, -0.2) is 0 Å². The van der Waals surface area contributed by atoms with E-state index in [1.807, 2.05) is 49.4 Å². The Hall–Kier alpha value is -3.18. The molecular formula is C27H30N2O3. The number of rotatable bonds is 8. The van der Waals surface area contributed by atoms with Gasteiger partial charge in [-0.15, -0.1) is 0 Å². The van der Waals surface area contributed by atoms with E-state index in [2.05, 4.69) is 41.9 Å². The molecule has 32 heavy (non-hydrogen) atoms. The molecule has 0 N–H and O–H groups in total. The molecule has 0 bridgehead atoms. The molecule has 1 unspecified atom stereocenters. The predicted molar refractivity (Wildman–Crippen MR) is 125 cm³/mol. The first-order valence-corrected chi connectivity index (χ1v) is 11.2. The first kappa shape index (κ1) is 22.0. The van der Waals surface area contributed by atoms with E-state index in [4.69, 9.17) is 9.47 Å². The fraction of sp³-hybridized carbons (Fsp3) is 0.333. The third kappa shape index (κ3) is 5.17. The molecule has 0 saturated carbocycles. The fourth-order valence-corrected chi connectivity index (χ4v) is 4.39. The number of pyridine rings is 1. The van der Waals surface area contributed by atoms with Crippen molar-refractivity contribution in [3.63, 3.8) is 0 Å². The highest BCUT2D eigenvalue weighted by atomic mass is 16.5. The molecule has 1 aliphatic rings. The second-order valence-electron chi connectivity index (χ2n) is 8.70. The first-order chi connectivity index (χ1) is 15.5. The van der Waals surface area contributed by atoms with E-state index in [9.17, 15) is 4.79 Å². The molecule has 166 valence electrons. The summed E-state index contributed by atoms with van der Waals surface area (Å²) in [6, 6.07) is 20.0. The summed E-state index contributed by atoms with van der Waals surface area (Å²) in [7, 11) is 0. The SMILES string of the molecule is Cc1cccc(CN2CCC(c3ccc(Oc4ccccc4C(C)C)cc3OC=O)C2)n1. The van der Waals surface area contributed by atoms with Crippen molar-refractivity contribution in [3.05, 3.63) is 83.2 Å². The van der Waals surface area contributed by atoms with Gasteiger partial charge in [0.25, 0.3) is 6.47 Å². The van der Waals surface area contributed by atoms with E-state index < -0.39 is 0 Å². The molecule has 1 aliphatic heterocycles. The molecule has 0 radical (unpaired) electrons. The number of ether oxygens (including phenoxy) is 2. The summed E-state index contributed by atoms with van der Waals surface area (Å²) >= 11 is 0. The minimum absolute atomic E-state index is 0.298. The van der Waals surface area contributed by atoms with Crippen molar-refractivity contribution in [2.75, 3.05) is 13.1 Å². The van der Waals surface area contributed by atoms with E-state index in [0.717, 1.165) is 54.3 Å². The summed E-state index contributed by atoms with van der Waals surface area (Å²) in [5.74, 6) is 2.71. The molecule has 4 rings (SSSR count). The standard InChI is InChI=1S/C27H30N2O3/c1-19(2)24-9-4-5-10-26(24)32-23-11-12-25(27(15-23)31-18-30)21-13-14-29(16-21)17-22-8-6-7-20(3)28-22/h4-12,15,18-19,21H,13-14,16-17H2,1-3H3. The third-order valence-corrected chi connectivity index (χ3v) is 5.97. The van der Waals surface area contributed by atoms with Crippen LogP contribution >= 0.6 is 0 Å². The molecule has 1 atom stereocenters. The highest BCUT2D eigenvalue weighted by molar-refractivity contribution is 5.52. The van der Waals surface area contributed by atoms with Gasteiger partial charge in [-0.2, -0.15) is 0 Å². The summed E-state index contributed by atoms with van der Waals surface area (Å²) in [6.45, 7) is 9.52. The van der Waals surface area contributed by atoms with Gasteiger partial charge in [-0.3, -0.25) is 14.7 Å². The largest absolute Gasteiger partial charge is 0.457 e. The van der Waals surface area contributed by atoms with Gasteiger partial charge in [-0.1, -0.05) is 44.2 Å². The normalized spacial score (nSPS) is 16.3. The number of likely N-dealkylation sites (tertiary alicyclic amines) is 1. The summed E-state index contributed by atoms with van der Waals surface area (Å²) < 4.78 is 11.6. The number of para-hydroxylation sites is 1. The van der Waals surface area contributed by atoms with Gasteiger partial charge in [-0.05, 0) is 61.2 Å². The molecule has 1 saturated heterocycles. The lowest BCUT2D eigenvalue weighted by Gasteiger charge is -2.18. The van der Waals surface area contributed by atoms with Crippen molar-refractivity contribution in [1.82, 2.24) is 9.88 Å². The highest BCUT2D eigenvalue weighted by Gasteiger charge is 2.27. The number of benzene rings is 2. The van der Waals surface area contributed by atoms with Crippen molar-refractivity contribution in [2.45, 2.75) is 45.6 Å². The molecule has 1 aromatic heterocycles. The molecule has 3 aromatic rings. The van der Waals surface area contributed by atoms with E-state index in [1.165, 1.54) is 0 Å². The summed E-state index contributed by atoms with van der Waals surface area (Å²) in [5.41, 5.74) is 4.31. The van der Waals surface area contributed by atoms with Crippen LogP contribution in [0.15, 0.2) is 60.7 Å². The maximum Gasteiger partial charge on any atom is 0.298 e. The lowest BCUT2D eigenvalue weighted by molar-refractivity contribution is -0.120. The van der Waals surface area contributed by atoms with Crippen LogP contribution in [0.4, 0.5) is 0 Å². The number of carbonyl (C=O) groups is 1. The van der Waals surface area contributed by atoms with Crippen LogP contribution in [0.1, 0.15) is 54.6 Å². The first-order valence-electron chi connectivity index (χ1n) is 11.2. The van der Waals surface area contributed by atoms with E-state index >= 15 is 0 Å². The van der Waals surface area contributed by atoms with Gasteiger partial charge < -0.3 is 9.47 Å². The Bertz CT molecular complexity index is 1080. The molecule has 0 aliphatic carbocycles. The van der Waals surface area contributed by atoms with Crippen LogP contribution in [0, 0.1) is 6.92 Å². The minimum Gasteiger partial charge on any atom is -0.457 e. The zero-order chi connectivity index (χ0) is 22.5. The second-order valence-corrected chi connectivity index (χ2v) is 8.70. The second kappa shape index (κ2) is 9.96. The maximum atomic E-state index is 11.2. The molecule has 0 spiro atoms. The Morgan fingerprint density at radius 2 is 1.94 bits per heavy atom. The monoisotopic (exact) mass is 430 g/mol. The average Bonchev–Trinajstić information content (AvgIpc) is 3.22. The lowest BCUT2D eigenvalue weighted by Crippen LogP contribution is -2.20. The topological polar surface area (TPSA) is 51.7 Å². The lowest BCUT2D eigenvalue weighted by atomic mass is 9.97. The summed E-state index contributed by atoms with van der Waals surface area (Å²) in [5, 5.41) is 0. The van der Waals surface area contributed by atoms with Gasteiger partial charge >= 0.3 is 0 Å². The van der Waals surface area contributed by atoms with Crippen LogP contribution in [0.2, 0.25) is 0 Å². The van der Waals surface area contributed by atoms with Crippen molar-refractivity contribution < 1.29 is 14.3 Å². The molecule has 1 fully saturated rings. The summed E-state index contributed by atoms with van der Waals surface area (Å²) in [6.07, 6.45) is 1.01. The maximum absolute atomic E-state index is 11.2. The highest BCUT2D eigenvalue weighted by Crippen LogP contribution is 2.38. The Balaban J connectivity index is 1.50. The Labute approximate surface area is 190 Å². The number of aryl methyl sites for hydroxylation is 1. The molecule has 2 heterocycles. The molecule has 0 amide bonds. The fourth-order valence-electron chi connectivity index (χ4n) is 4.39. The molecule has 2 aromatic carbocycles. The molecule has 5 nitrogen and oxygen atoms in total. The molecular weight excluding hydrogens is 400 g/mol. The number of hydrogen-bond donors (Lipinski definition) is 0. The quantitative estimate of drug-likeness (QED) is 0.421. The third-order valence-electron chi connectivity index (χ3n) is 5.97. The zero-order valence-electron chi connectivity index (χ0n) is 19.0. The van der Waals surface area contributed by atoms with Crippen LogP contribution in [0.25, 0.3) is 0 Å². The van der Waals surface area contributed by atoms with Crippen LogP contribution in [-0.2, 0) is 11.3 Å². The number of nitrogens with zero attached hydrogens (tertiary/aromatic N) is 2. The van der Waals surface area contributed by atoms with Crippen LogP contribution in [0.3, 0.4) is 0 Å². The molecule has 5 heteroatoms. The van der Waals surface area contributed by atoms with E-state index in [0.29, 0.717) is 29.8 Å². The van der Waals surface area contributed by atoms with Gasteiger partial charge in [0.2, 0.25) is 0 Å². The zero-order valence-corrected chi connectivity index (χ0v) is 19.0. The van der Waals surface area contributed by atoms with Crippen molar-refractivity contribution in [1.29, 1.82) is 0 Å². The van der Waals surface area contributed by atoms with Crippen molar-refractivity contribution in [2.24, 2.45) is 0 Å². The van der Waals surface area contributed by atoms with Gasteiger partial charge in [0, 0.05) is 30.8 Å².